The quantitative estimate of drug-likeness (QED) is 0.752. The lowest BCUT2D eigenvalue weighted by molar-refractivity contribution is 0.0988. The lowest BCUT2D eigenvalue weighted by atomic mass is 10.1. The predicted molar refractivity (Wildman–Crippen MR) is 111 cm³/mol. The van der Waals surface area contributed by atoms with E-state index in [2.05, 4.69) is 0 Å². The Labute approximate surface area is 163 Å². The topological polar surface area (TPSA) is 75.0 Å². The van der Waals surface area contributed by atoms with Gasteiger partial charge in [-0.25, -0.2) is 0 Å². The predicted octanol–water partition coefficient (Wildman–Crippen LogP) is 2.60. The first-order valence-corrected chi connectivity index (χ1v) is 8.72. The zero-order valence-corrected chi connectivity index (χ0v) is 16.6. The number of aromatic nitrogens is 1. The van der Waals surface area contributed by atoms with Crippen molar-refractivity contribution in [1.29, 1.82) is 0 Å². The van der Waals surface area contributed by atoms with Gasteiger partial charge in [-0.2, -0.15) is 0 Å². The van der Waals surface area contributed by atoms with Crippen molar-refractivity contribution in [3.63, 3.8) is 0 Å². The van der Waals surface area contributed by atoms with Gasteiger partial charge in [0, 0.05) is 39.6 Å². The number of carbonyl (C=O) groups excluding carboxylic acids is 1. The van der Waals surface area contributed by atoms with Crippen LogP contribution in [0.15, 0.2) is 47.3 Å². The Morgan fingerprint density at radius 2 is 1.71 bits per heavy atom. The Morgan fingerprint density at radius 1 is 1.07 bits per heavy atom. The molecule has 28 heavy (non-hydrogen) atoms. The molecule has 1 heterocycles. The average molecular weight is 381 g/mol. The smallest absolute Gasteiger partial charge is 0.267 e. The molecule has 0 fully saturated rings. The number of fused-ring (bicyclic) bond motifs is 1. The third kappa shape index (κ3) is 3.05. The number of hydrogen-bond donors (Lipinski definition) is 1. The molecule has 7 heteroatoms. The standard InChI is InChI=1S/C21H23N3O4/c1-22(2)15-7-6-8-16-17(15)19(25)18(21(27)24(16)4)20(26)23(3)13-9-11-14(28-5)12-10-13/h6-12,25H,1-5H3. The number of pyridine rings is 1. The van der Waals surface area contributed by atoms with Gasteiger partial charge in [-0.3, -0.25) is 9.59 Å². The second-order valence-electron chi connectivity index (χ2n) is 6.72. The highest BCUT2D eigenvalue weighted by Crippen LogP contribution is 2.34. The van der Waals surface area contributed by atoms with Crippen LogP contribution in [-0.4, -0.2) is 43.8 Å². The number of rotatable bonds is 4. The molecular formula is C21H23N3O4. The Bertz CT molecular complexity index is 1100. The number of anilines is 2. The van der Waals surface area contributed by atoms with E-state index in [4.69, 9.17) is 4.74 Å². The summed E-state index contributed by atoms with van der Waals surface area (Å²) in [6.45, 7) is 0. The van der Waals surface area contributed by atoms with Crippen LogP contribution in [0.25, 0.3) is 10.9 Å². The zero-order valence-electron chi connectivity index (χ0n) is 16.6. The van der Waals surface area contributed by atoms with Crippen LogP contribution < -0.4 is 20.1 Å². The van der Waals surface area contributed by atoms with Gasteiger partial charge >= 0.3 is 0 Å². The highest BCUT2D eigenvalue weighted by molar-refractivity contribution is 6.12. The van der Waals surface area contributed by atoms with E-state index in [0.29, 0.717) is 28.0 Å². The molecule has 7 nitrogen and oxygen atoms in total. The van der Waals surface area contributed by atoms with Crippen molar-refractivity contribution in [3.05, 3.63) is 58.4 Å². The number of carbonyl (C=O) groups is 1. The van der Waals surface area contributed by atoms with Gasteiger partial charge in [0.2, 0.25) is 0 Å². The van der Waals surface area contributed by atoms with Crippen molar-refractivity contribution in [3.8, 4) is 11.5 Å². The van der Waals surface area contributed by atoms with Crippen molar-refractivity contribution in [2.45, 2.75) is 0 Å². The molecule has 0 radical (unpaired) electrons. The summed E-state index contributed by atoms with van der Waals surface area (Å²) >= 11 is 0. The van der Waals surface area contributed by atoms with E-state index >= 15 is 0 Å². The fraction of sp³-hybridized carbons (Fsp3) is 0.238. The molecule has 146 valence electrons. The van der Waals surface area contributed by atoms with Crippen molar-refractivity contribution >= 4 is 28.2 Å². The summed E-state index contributed by atoms with van der Waals surface area (Å²) in [5.74, 6) is -0.240. The number of benzene rings is 2. The van der Waals surface area contributed by atoms with Crippen molar-refractivity contribution in [2.24, 2.45) is 7.05 Å². The molecule has 0 saturated heterocycles. The van der Waals surface area contributed by atoms with Crippen molar-refractivity contribution in [1.82, 2.24) is 4.57 Å². The minimum Gasteiger partial charge on any atom is -0.506 e. The minimum absolute atomic E-state index is 0.261. The molecule has 3 aromatic rings. The Balaban J connectivity index is 2.20. The normalized spacial score (nSPS) is 10.8. The summed E-state index contributed by atoms with van der Waals surface area (Å²) < 4.78 is 6.52. The molecule has 1 amide bonds. The maximum atomic E-state index is 13.1. The number of hydrogen-bond acceptors (Lipinski definition) is 5. The lowest BCUT2D eigenvalue weighted by Gasteiger charge is -2.21. The molecule has 1 N–H and O–H groups in total. The SMILES string of the molecule is COc1ccc(N(C)C(=O)c2c(O)c3c(N(C)C)cccc3n(C)c2=O)cc1. The molecule has 1 aromatic heterocycles. The second-order valence-corrected chi connectivity index (χ2v) is 6.72. The highest BCUT2D eigenvalue weighted by Gasteiger charge is 2.26. The molecule has 0 unspecified atom stereocenters. The molecule has 0 aliphatic heterocycles. The maximum absolute atomic E-state index is 13.1. The van der Waals surface area contributed by atoms with E-state index in [-0.39, 0.29) is 11.3 Å². The first-order chi connectivity index (χ1) is 13.3. The maximum Gasteiger partial charge on any atom is 0.267 e. The molecular weight excluding hydrogens is 358 g/mol. The van der Waals surface area contributed by atoms with E-state index in [9.17, 15) is 14.7 Å². The third-order valence-corrected chi connectivity index (χ3v) is 4.83. The average Bonchev–Trinajstić information content (AvgIpc) is 2.71. The molecule has 0 aliphatic carbocycles. The molecule has 0 bridgehead atoms. The molecule has 0 saturated carbocycles. The van der Waals surface area contributed by atoms with Gasteiger partial charge in [0.15, 0.2) is 0 Å². The van der Waals surface area contributed by atoms with Gasteiger partial charge in [0.25, 0.3) is 11.5 Å². The summed E-state index contributed by atoms with van der Waals surface area (Å²) in [7, 11) is 8.39. The van der Waals surface area contributed by atoms with Gasteiger partial charge in [-0.05, 0) is 36.4 Å². The van der Waals surface area contributed by atoms with Crippen LogP contribution in [0.4, 0.5) is 11.4 Å². The Kier molecular flexibility index (Phi) is 5.00. The zero-order chi connectivity index (χ0) is 20.6. The fourth-order valence-corrected chi connectivity index (χ4v) is 3.21. The highest BCUT2D eigenvalue weighted by atomic mass is 16.5. The van der Waals surface area contributed by atoms with Gasteiger partial charge in [0.05, 0.1) is 18.0 Å². The van der Waals surface area contributed by atoms with Crippen LogP contribution in [0.3, 0.4) is 0 Å². The van der Waals surface area contributed by atoms with E-state index in [0.717, 1.165) is 0 Å². The summed E-state index contributed by atoms with van der Waals surface area (Å²) in [5, 5.41) is 11.4. The molecule has 0 aliphatic rings. The van der Waals surface area contributed by atoms with E-state index in [1.807, 2.05) is 31.1 Å². The summed E-state index contributed by atoms with van der Waals surface area (Å²) in [6, 6.07) is 12.2. The molecule has 2 aromatic carbocycles. The van der Waals surface area contributed by atoms with Crippen LogP contribution in [0.1, 0.15) is 10.4 Å². The third-order valence-electron chi connectivity index (χ3n) is 4.83. The fourth-order valence-electron chi connectivity index (χ4n) is 3.21. The van der Waals surface area contributed by atoms with E-state index in [1.165, 1.54) is 9.47 Å². The first kappa shape index (κ1) is 19.3. The summed E-state index contributed by atoms with van der Waals surface area (Å²) in [5.41, 5.74) is 1.03. The number of methoxy groups -OCH3 is 1. The van der Waals surface area contributed by atoms with Crippen LogP contribution in [0, 0.1) is 0 Å². The number of ether oxygens (including phenoxy) is 1. The molecule has 0 spiro atoms. The van der Waals surface area contributed by atoms with Crippen molar-refractivity contribution in [2.75, 3.05) is 38.1 Å². The second kappa shape index (κ2) is 7.26. The minimum atomic E-state index is -0.585. The van der Waals surface area contributed by atoms with Gasteiger partial charge < -0.3 is 24.2 Å². The largest absolute Gasteiger partial charge is 0.506 e. The van der Waals surface area contributed by atoms with Crippen LogP contribution in [0.5, 0.6) is 11.5 Å². The monoisotopic (exact) mass is 381 g/mol. The van der Waals surface area contributed by atoms with Gasteiger partial charge in [-0.1, -0.05) is 6.07 Å². The van der Waals surface area contributed by atoms with E-state index in [1.54, 1.807) is 51.5 Å². The Morgan fingerprint density at radius 3 is 2.29 bits per heavy atom. The first-order valence-electron chi connectivity index (χ1n) is 8.72. The number of nitrogens with zero attached hydrogens (tertiary/aromatic N) is 3. The Hall–Kier alpha value is -3.48. The van der Waals surface area contributed by atoms with Crippen LogP contribution >= 0.6 is 0 Å². The van der Waals surface area contributed by atoms with Gasteiger partial charge in [0.1, 0.15) is 17.1 Å². The summed E-state index contributed by atoms with van der Waals surface area (Å²) in [6.07, 6.45) is 0. The number of aromatic hydroxyl groups is 1. The number of aryl methyl sites for hydroxylation is 1. The number of amides is 1. The molecule has 0 atom stereocenters. The lowest BCUT2D eigenvalue weighted by Crippen LogP contribution is -2.34. The van der Waals surface area contributed by atoms with E-state index < -0.39 is 11.5 Å². The van der Waals surface area contributed by atoms with Gasteiger partial charge in [-0.15, -0.1) is 0 Å². The van der Waals surface area contributed by atoms with Crippen molar-refractivity contribution < 1.29 is 14.6 Å². The summed E-state index contributed by atoms with van der Waals surface area (Å²) in [4.78, 5) is 29.2. The van der Waals surface area contributed by atoms with Crippen LogP contribution in [0.2, 0.25) is 0 Å². The van der Waals surface area contributed by atoms with Crippen LogP contribution in [-0.2, 0) is 7.05 Å². The molecule has 3 rings (SSSR count).